The molecule has 1 N–H and O–H groups in total. The lowest BCUT2D eigenvalue weighted by Gasteiger charge is -2.28. The minimum Gasteiger partial charge on any atom is -0.496 e. The molecule has 9 nitrogen and oxygen atoms in total. The van der Waals surface area contributed by atoms with E-state index in [1.54, 1.807) is 32.4 Å². The minimum absolute atomic E-state index is 0.0994. The molecule has 4 aliphatic rings. The Hall–Kier alpha value is -2.88. The first-order valence-electron chi connectivity index (χ1n) is 10.0. The molecule has 0 spiro atoms. The maximum atomic E-state index is 11.7. The predicted molar refractivity (Wildman–Crippen MR) is 104 cm³/mol. The lowest BCUT2D eigenvalue weighted by atomic mass is 9.80. The second-order valence-electron chi connectivity index (χ2n) is 7.94. The lowest BCUT2D eigenvalue weighted by Crippen LogP contribution is -2.39. The number of ether oxygens (including phenoxy) is 8. The van der Waals surface area contributed by atoms with Crippen molar-refractivity contribution in [2.75, 3.05) is 41.0 Å². The number of aliphatic hydroxyl groups is 1. The van der Waals surface area contributed by atoms with Gasteiger partial charge in [0, 0.05) is 29.2 Å². The molecule has 6 rings (SSSR count). The first-order chi connectivity index (χ1) is 15.1. The van der Waals surface area contributed by atoms with Crippen LogP contribution >= 0.6 is 0 Å². The van der Waals surface area contributed by atoms with Crippen molar-refractivity contribution in [3.05, 3.63) is 35.4 Å². The second kappa shape index (κ2) is 6.81. The van der Waals surface area contributed by atoms with Gasteiger partial charge in [-0.3, -0.25) is 0 Å². The number of hydrogen-bond donors (Lipinski definition) is 1. The first-order valence-corrected chi connectivity index (χ1v) is 10.0. The van der Waals surface area contributed by atoms with Crippen LogP contribution in [0.5, 0.6) is 34.5 Å². The Labute approximate surface area is 178 Å². The van der Waals surface area contributed by atoms with Crippen molar-refractivity contribution in [1.29, 1.82) is 0 Å². The fourth-order valence-electron chi connectivity index (χ4n) is 4.88. The summed E-state index contributed by atoms with van der Waals surface area (Å²) in [7, 11) is 3.16. The quantitative estimate of drug-likeness (QED) is 0.784. The van der Waals surface area contributed by atoms with Crippen molar-refractivity contribution in [1.82, 2.24) is 0 Å². The Balaban J connectivity index is 1.37. The zero-order valence-corrected chi connectivity index (χ0v) is 17.1. The molecule has 0 bridgehead atoms. The van der Waals surface area contributed by atoms with E-state index < -0.39 is 17.8 Å². The van der Waals surface area contributed by atoms with Crippen LogP contribution in [0.2, 0.25) is 0 Å². The Morgan fingerprint density at radius 3 is 1.97 bits per heavy atom. The molecule has 0 radical (unpaired) electrons. The van der Waals surface area contributed by atoms with Gasteiger partial charge in [-0.15, -0.1) is 0 Å². The third kappa shape index (κ3) is 2.67. The van der Waals surface area contributed by atoms with E-state index in [2.05, 4.69) is 0 Å². The summed E-state index contributed by atoms with van der Waals surface area (Å²) in [5.74, 6) is 3.31. The van der Waals surface area contributed by atoms with Gasteiger partial charge in [0.25, 0.3) is 0 Å². The molecule has 0 saturated carbocycles. The number of hydrogen-bond acceptors (Lipinski definition) is 9. The van der Waals surface area contributed by atoms with E-state index in [0.717, 1.165) is 5.56 Å². The second-order valence-corrected chi connectivity index (χ2v) is 7.94. The summed E-state index contributed by atoms with van der Waals surface area (Å²) in [6.07, 6.45) is -1.08. The summed E-state index contributed by atoms with van der Waals surface area (Å²) in [5.41, 5.74) is 0.223. The monoisotopic (exact) mass is 430 g/mol. The smallest absolute Gasteiger partial charge is 0.231 e. The van der Waals surface area contributed by atoms with Crippen LogP contribution in [0.3, 0.4) is 0 Å². The molecule has 0 aliphatic carbocycles. The summed E-state index contributed by atoms with van der Waals surface area (Å²) in [6, 6.07) is 7.20. The van der Waals surface area contributed by atoms with Gasteiger partial charge in [-0.2, -0.15) is 0 Å². The van der Waals surface area contributed by atoms with Crippen molar-refractivity contribution < 1.29 is 43.0 Å². The van der Waals surface area contributed by atoms with Gasteiger partial charge in [0.15, 0.2) is 23.0 Å². The van der Waals surface area contributed by atoms with Gasteiger partial charge in [-0.25, -0.2) is 0 Å². The fraction of sp³-hybridized carbons (Fsp3) is 0.455. The average Bonchev–Trinajstić information content (AvgIpc) is 3.54. The highest BCUT2D eigenvalue weighted by Crippen LogP contribution is 2.57. The molecule has 4 aliphatic heterocycles. The molecule has 4 atom stereocenters. The zero-order valence-electron chi connectivity index (χ0n) is 17.1. The molecular formula is C22H22O9. The average molecular weight is 430 g/mol. The third-order valence-electron chi connectivity index (χ3n) is 6.44. The lowest BCUT2D eigenvalue weighted by molar-refractivity contribution is -0.0636. The normalized spacial score (nSPS) is 29.8. The van der Waals surface area contributed by atoms with Crippen molar-refractivity contribution in [2.24, 2.45) is 5.92 Å². The number of fused-ring (bicyclic) bond motifs is 3. The first kappa shape index (κ1) is 18.9. The molecule has 2 aromatic carbocycles. The summed E-state index contributed by atoms with van der Waals surface area (Å²) < 4.78 is 45.3. The standard InChI is InChI=1S/C22H22O9/c1-24-14-5-18-16(28-9-30-18)3-11(14)20-13-7-26-21(22(13,23)8-27-20)12-4-17-19(31-10-29-17)6-15(12)25-2/h3-6,13,20-21,23H,7-10H2,1-2H3/t13-,20-,21+,22-/m1/s1. The molecule has 4 heterocycles. The Morgan fingerprint density at radius 1 is 0.806 bits per heavy atom. The highest BCUT2D eigenvalue weighted by molar-refractivity contribution is 5.55. The van der Waals surface area contributed by atoms with E-state index in [4.69, 9.17) is 37.9 Å². The highest BCUT2D eigenvalue weighted by atomic mass is 16.7. The summed E-state index contributed by atoms with van der Waals surface area (Å²) in [6.45, 7) is 0.717. The van der Waals surface area contributed by atoms with Gasteiger partial charge in [0.2, 0.25) is 13.6 Å². The van der Waals surface area contributed by atoms with Gasteiger partial charge in [-0.1, -0.05) is 0 Å². The number of methoxy groups -OCH3 is 2. The maximum absolute atomic E-state index is 11.7. The van der Waals surface area contributed by atoms with E-state index in [0.29, 0.717) is 46.7 Å². The van der Waals surface area contributed by atoms with Crippen LogP contribution < -0.4 is 28.4 Å². The Morgan fingerprint density at radius 2 is 1.35 bits per heavy atom. The fourth-order valence-corrected chi connectivity index (χ4v) is 4.88. The minimum atomic E-state index is -1.26. The van der Waals surface area contributed by atoms with Crippen LogP contribution in [0.4, 0.5) is 0 Å². The van der Waals surface area contributed by atoms with Gasteiger partial charge in [0.1, 0.15) is 23.2 Å². The summed E-state index contributed by atoms with van der Waals surface area (Å²) >= 11 is 0. The molecule has 2 saturated heterocycles. The van der Waals surface area contributed by atoms with Crippen LogP contribution in [-0.4, -0.2) is 51.7 Å². The summed E-state index contributed by atoms with van der Waals surface area (Å²) in [5, 5.41) is 11.7. The van der Waals surface area contributed by atoms with Crippen molar-refractivity contribution in [3.63, 3.8) is 0 Å². The van der Waals surface area contributed by atoms with Crippen LogP contribution in [0.15, 0.2) is 24.3 Å². The van der Waals surface area contributed by atoms with Gasteiger partial charge in [0.05, 0.1) is 33.5 Å². The molecule has 2 aromatic rings. The topological polar surface area (TPSA) is 94.1 Å². The molecule has 0 amide bonds. The number of benzene rings is 2. The Kier molecular flexibility index (Phi) is 4.14. The largest absolute Gasteiger partial charge is 0.496 e. The van der Waals surface area contributed by atoms with Crippen LogP contribution in [0, 0.1) is 5.92 Å². The molecule has 2 fully saturated rings. The van der Waals surface area contributed by atoms with Crippen LogP contribution in [0.1, 0.15) is 23.3 Å². The molecule has 9 heteroatoms. The van der Waals surface area contributed by atoms with Crippen LogP contribution in [0.25, 0.3) is 0 Å². The molecule has 0 aromatic heterocycles. The van der Waals surface area contributed by atoms with E-state index >= 15 is 0 Å². The zero-order chi connectivity index (χ0) is 21.2. The van der Waals surface area contributed by atoms with Gasteiger partial charge in [-0.05, 0) is 12.1 Å². The van der Waals surface area contributed by atoms with E-state index in [-0.39, 0.29) is 26.1 Å². The third-order valence-corrected chi connectivity index (χ3v) is 6.44. The molecule has 164 valence electrons. The highest BCUT2D eigenvalue weighted by Gasteiger charge is 2.60. The van der Waals surface area contributed by atoms with Crippen molar-refractivity contribution >= 4 is 0 Å². The van der Waals surface area contributed by atoms with E-state index in [1.807, 2.05) is 6.07 Å². The maximum Gasteiger partial charge on any atom is 0.231 e. The van der Waals surface area contributed by atoms with Crippen molar-refractivity contribution in [2.45, 2.75) is 17.8 Å². The number of rotatable bonds is 4. The molecule has 31 heavy (non-hydrogen) atoms. The molecule has 0 unspecified atom stereocenters. The van der Waals surface area contributed by atoms with E-state index in [9.17, 15) is 5.11 Å². The van der Waals surface area contributed by atoms with Crippen LogP contribution in [-0.2, 0) is 9.47 Å². The summed E-state index contributed by atoms with van der Waals surface area (Å²) in [4.78, 5) is 0. The Bertz CT molecular complexity index is 1040. The van der Waals surface area contributed by atoms with Crippen molar-refractivity contribution in [3.8, 4) is 34.5 Å². The SMILES string of the molecule is COc1cc2c(cc1[C@H]1OC[C@@]3(O)[C@@H]1CO[C@H]3c1cc3c(cc1OC)OCO3)OCO2. The predicted octanol–water partition coefficient (Wildman–Crippen LogP) is 2.35. The van der Waals surface area contributed by atoms with Gasteiger partial charge >= 0.3 is 0 Å². The van der Waals surface area contributed by atoms with E-state index in [1.165, 1.54) is 0 Å². The van der Waals surface area contributed by atoms with Gasteiger partial charge < -0.3 is 43.0 Å². The molecular weight excluding hydrogens is 408 g/mol.